The quantitative estimate of drug-likeness (QED) is 0.419. The fraction of sp³-hybridized carbons (Fsp3) is 0.467. The van der Waals surface area contributed by atoms with E-state index in [1.165, 1.54) is 11.8 Å². The summed E-state index contributed by atoms with van der Waals surface area (Å²) < 4.78 is 25.6. The number of aromatic nitrogens is 2. The molecule has 1 amide bonds. The maximum absolute atomic E-state index is 13.7. The minimum atomic E-state index is -3.18. The number of piperidine rings is 1. The highest BCUT2D eigenvalue weighted by Crippen LogP contribution is 2.34. The van der Waals surface area contributed by atoms with Gasteiger partial charge in [-0.1, -0.05) is 49.4 Å². The van der Waals surface area contributed by atoms with Crippen LogP contribution in [0.3, 0.4) is 0 Å². The van der Waals surface area contributed by atoms with E-state index in [0.717, 1.165) is 81.8 Å². The molecule has 0 spiro atoms. The number of likely N-dealkylation sites (tertiary alicyclic amines) is 2. The highest BCUT2D eigenvalue weighted by molar-refractivity contribution is 7.90. The van der Waals surface area contributed by atoms with E-state index >= 15 is 0 Å². The number of rotatable bonds is 8. The molecule has 2 aliphatic rings. The Labute approximate surface area is 226 Å². The van der Waals surface area contributed by atoms with Gasteiger partial charge in [0.25, 0.3) is 5.91 Å². The van der Waals surface area contributed by atoms with Crippen LogP contribution in [-0.2, 0) is 22.9 Å². The standard InChI is InChI=1S/C30H38N4O3S/c1-3-16-34-29(25-13-17-32(18-14-25)21-23-9-11-27(12-10-23)38(2,36)37)28(20-31-34)30(35)33-19-15-26(22-33)24-7-5-4-6-8-24/h4-12,20,25-26H,3,13-19,21-22H2,1-2H3. The molecular formula is C30H38N4O3S. The van der Waals surface area contributed by atoms with Crippen molar-refractivity contribution in [2.24, 2.45) is 0 Å². The second-order valence-electron chi connectivity index (χ2n) is 10.8. The van der Waals surface area contributed by atoms with Gasteiger partial charge in [0.1, 0.15) is 0 Å². The van der Waals surface area contributed by atoms with E-state index in [1.54, 1.807) is 18.3 Å². The summed E-state index contributed by atoms with van der Waals surface area (Å²) in [5.41, 5.74) is 4.31. The van der Waals surface area contributed by atoms with Gasteiger partial charge in [0.15, 0.2) is 9.84 Å². The lowest BCUT2D eigenvalue weighted by Gasteiger charge is -2.33. The van der Waals surface area contributed by atoms with Crippen LogP contribution in [0.4, 0.5) is 0 Å². The number of aryl methyl sites for hydroxylation is 1. The number of carbonyl (C=O) groups excluding carboxylic acids is 1. The van der Waals surface area contributed by atoms with E-state index in [-0.39, 0.29) is 5.91 Å². The van der Waals surface area contributed by atoms with Gasteiger partial charge in [-0.2, -0.15) is 5.10 Å². The van der Waals surface area contributed by atoms with Gasteiger partial charge in [0, 0.05) is 44.3 Å². The zero-order valence-corrected chi connectivity index (χ0v) is 23.2. The average molecular weight is 535 g/mol. The van der Waals surface area contributed by atoms with Gasteiger partial charge in [-0.15, -0.1) is 0 Å². The number of hydrogen-bond acceptors (Lipinski definition) is 5. The number of carbonyl (C=O) groups is 1. The Hall–Kier alpha value is -2.97. The third-order valence-electron chi connectivity index (χ3n) is 8.02. The molecule has 0 saturated carbocycles. The SMILES string of the molecule is CCCn1ncc(C(=O)N2CCC(c3ccccc3)C2)c1C1CCN(Cc2ccc(S(C)(=O)=O)cc2)CC1. The Morgan fingerprint density at radius 3 is 2.29 bits per heavy atom. The smallest absolute Gasteiger partial charge is 0.257 e. The van der Waals surface area contributed by atoms with E-state index in [2.05, 4.69) is 45.9 Å². The Kier molecular flexibility index (Phi) is 8.00. The molecule has 2 saturated heterocycles. The first-order chi connectivity index (χ1) is 18.3. The van der Waals surface area contributed by atoms with Crippen molar-refractivity contribution in [3.63, 3.8) is 0 Å². The molecule has 1 aromatic heterocycles. The first-order valence-corrected chi connectivity index (χ1v) is 15.6. The van der Waals surface area contributed by atoms with Crippen LogP contribution in [0, 0.1) is 0 Å². The molecule has 8 heteroatoms. The van der Waals surface area contributed by atoms with Gasteiger partial charge in [-0.05, 0) is 62.0 Å². The first-order valence-electron chi connectivity index (χ1n) is 13.7. The van der Waals surface area contributed by atoms with E-state index < -0.39 is 9.84 Å². The lowest BCUT2D eigenvalue weighted by Crippen LogP contribution is -2.34. The summed E-state index contributed by atoms with van der Waals surface area (Å²) in [6.45, 7) is 7.18. The largest absolute Gasteiger partial charge is 0.338 e. The minimum Gasteiger partial charge on any atom is -0.338 e. The van der Waals surface area contributed by atoms with Crippen molar-refractivity contribution in [2.75, 3.05) is 32.4 Å². The second kappa shape index (κ2) is 11.4. The normalized spacial score (nSPS) is 19.2. The highest BCUT2D eigenvalue weighted by atomic mass is 32.2. The van der Waals surface area contributed by atoms with Crippen LogP contribution >= 0.6 is 0 Å². The molecule has 0 bridgehead atoms. The Bertz CT molecular complexity index is 1340. The molecule has 1 unspecified atom stereocenters. The third kappa shape index (κ3) is 5.86. The van der Waals surface area contributed by atoms with Gasteiger partial charge < -0.3 is 4.90 Å². The predicted molar refractivity (Wildman–Crippen MR) is 149 cm³/mol. The van der Waals surface area contributed by atoms with E-state index in [1.807, 2.05) is 23.1 Å². The summed E-state index contributed by atoms with van der Waals surface area (Å²) in [5.74, 6) is 0.817. The molecule has 3 aromatic rings. The number of benzene rings is 2. The Morgan fingerprint density at radius 2 is 1.63 bits per heavy atom. The molecule has 3 heterocycles. The number of hydrogen-bond donors (Lipinski definition) is 0. The summed E-state index contributed by atoms with van der Waals surface area (Å²) in [7, 11) is -3.18. The molecule has 7 nitrogen and oxygen atoms in total. The fourth-order valence-corrected chi connectivity index (χ4v) is 6.59. The van der Waals surface area contributed by atoms with Crippen molar-refractivity contribution in [2.45, 2.75) is 62.4 Å². The molecule has 0 N–H and O–H groups in total. The fourth-order valence-electron chi connectivity index (χ4n) is 5.96. The molecular weight excluding hydrogens is 496 g/mol. The van der Waals surface area contributed by atoms with Gasteiger partial charge in [0.2, 0.25) is 0 Å². The molecule has 5 rings (SSSR count). The van der Waals surface area contributed by atoms with Crippen molar-refractivity contribution in [3.05, 3.63) is 83.2 Å². The zero-order chi connectivity index (χ0) is 26.7. The van der Waals surface area contributed by atoms with Crippen LogP contribution < -0.4 is 0 Å². The number of amides is 1. The van der Waals surface area contributed by atoms with Crippen LogP contribution in [0.15, 0.2) is 65.7 Å². The molecule has 0 radical (unpaired) electrons. The molecule has 38 heavy (non-hydrogen) atoms. The van der Waals surface area contributed by atoms with Crippen molar-refractivity contribution in [1.82, 2.24) is 19.6 Å². The number of nitrogens with zero attached hydrogens (tertiary/aromatic N) is 4. The summed E-state index contributed by atoms with van der Waals surface area (Å²) in [6.07, 6.45) is 6.97. The van der Waals surface area contributed by atoms with E-state index in [9.17, 15) is 13.2 Å². The molecule has 1 atom stereocenters. The van der Waals surface area contributed by atoms with Gasteiger partial charge in [0.05, 0.1) is 22.3 Å². The van der Waals surface area contributed by atoms with Gasteiger partial charge >= 0.3 is 0 Å². The van der Waals surface area contributed by atoms with Crippen molar-refractivity contribution < 1.29 is 13.2 Å². The summed E-state index contributed by atoms with van der Waals surface area (Å²) in [5, 5.41) is 4.67. The van der Waals surface area contributed by atoms with Crippen molar-refractivity contribution >= 4 is 15.7 Å². The van der Waals surface area contributed by atoms with E-state index in [4.69, 9.17) is 0 Å². The molecule has 202 valence electrons. The van der Waals surface area contributed by atoms with Crippen LogP contribution in [0.1, 0.15) is 71.6 Å². The van der Waals surface area contributed by atoms with Crippen LogP contribution in [0.25, 0.3) is 0 Å². The average Bonchev–Trinajstić information content (AvgIpc) is 3.58. The van der Waals surface area contributed by atoms with Crippen LogP contribution in [0.5, 0.6) is 0 Å². The second-order valence-corrected chi connectivity index (χ2v) is 12.8. The van der Waals surface area contributed by atoms with E-state index in [0.29, 0.717) is 16.7 Å². The highest BCUT2D eigenvalue weighted by Gasteiger charge is 2.33. The zero-order valence-electron chi connectivity index (χ0n) is 22.4. The summed E-state index contributed by atoms with van der Waals surface area (Å²) in [6, 6.07) is 17.7. The molecule has 0 aliphatic carbocycles. The third-order valence-corrected chi connectivity index (χ3v) is 9.15. The molecule has 2 fully saturated rings. The van der Waals surface area contributed by atoms with Crippen LogP contribution in [0.2, 0.25) is 0 Å². The van der Waals surface area contributed by atoms with Gasteiger partial charge in [-0.25, -0.2) is 8.42 Å². The molecule has 2 aromatic carbocycles. The summed E-state index contributed by atoms with van der Waals surface area (Å²) >= 11 is 0. The van der Waals surface area contributed by atoms with Crippen molar-refractivity contribution in [1.29, 1.82) is 0 Å². The molecule has 2 aliphatic heterocycles. The maximum Gasteiger partial charge on any atom is 0.257 e. The summed E-state index contributed by atoms with van der Waals surface area (Å²) in [4.78, 5) is 18.5. The van der Waals surface area contributed by atoms with Crippen molar-refractivity contribution in [3.8, 4) is 0 Å². The monoisotopic (exact) mass is 534 g/mol. The Morgan fingerprint density at radius 1 is 0.947 bits per heavy atom. The Balaban J connectivity index is 1.25. The number of sulfone groups is 1. The lowest BCUT2D eigenvalue weighted by molar-refractivity contribution is 0.0788. The van der Waals surface area contributed by atoms with Gasteiger partial charge in [-0.3, -0.25) is 14.4 Å². The maximum atomic E-state index is 13.7. The topological polar surface area (TPSA) is 75.5 Å². The lowest BCUT2D eigenvalue weighted by atomic mass is 9.90. The minimum absolute atomic E-state index is 0.120. The predicted octanol–water partition coefficient (Wildman–Crippen LogP) is 4.71. The van der Waals surface area contributed by atoms with Crippen LogP contribution in [-0.4, -0.2) is 66.3 Å². The first kappa shape index (κ1) is 26.6.